The fourth-order valence-electron chi connectivity index (χ4n) is 3.74. The summed E-state index contributed by atoms with van der Waals surface area (Å²) < 4.78 is 44.9. The number of benzene rings is 1. The zero-order chi connectivity index (χ0) is 23.4. The summed E-state index contributed by atoms with van der Waals surface area (Å²) in [5, 5.41) is 2.87. The van der Waals surface area contributed by atoms with Crippen molar-refractivity contribution in [3.05, 3.63) is 66.1 Å². The predicted molar refractivity (Wildman–Crippen MR) is 114 cm³/mol. The molecule has 1 aliphatic rings. The zero-order valence-electron chi connectivity index (χ0n) is 17.7. The number of hydrogen-bond acceptors (Lipinski definition) is 4. The van der Waals surface area contributed by atoms with E-state index in [1.165, 1.54) is 4.90 Å². The van der Waals surface area contributed by atoms with E-state index in [9.17, 15) is 22.8 Å². The lowest BCUT2D eigenvalue weighted by atomic mass is 10.1. The number of alkyl halides is 3. The second-order valence-electron chi connectivity index (χ2n) is 7.93. The molecule has 1 aliphatic heterocycles. The third-order valence-electron chi connectivity index (χ3n) is 5.47. The van der Waals surface area contributed by atoms with E-state index in [2.05, 4.69) is 10.3 Å². The van der Waals surface area contributed by atoms with Crippen LogP contribution < -0.4 is 10.1 Å². The van der Waals surface area contributed by atoms with Crippen LogP contribution in [0.1, 0.15) is 35.2 Å². The molecule has 1 saturated heterocycles. The number of amides is 2. The van der Waals surface area contributed by atoms with E-state index in [-0.39, 0.29) is 25.1 Å². The van der Waals surface area contributed by atoms with Gasteiger partial charge >= 0.3 is 6.18 Å². The summed E-state index contributed by atoms with van der Waals surface area (Å²) in [6.07, 6.45) is 0.230. The Hall–Kier alpha value is -3.56. The van der Waals surface area contributed by atoms with Crippen molar-refractivity contribution in [1.29, 1.82) is 0 Å². The molecule has 1 fully saturated rings. The van der Waals surface area contributed by atoms with Crippen molar-refractivity contribution in [2.24, 2.45) is 0 Å². The number of halogens is 3. The minimum Gasteiger partial charge on any atom is -0.490 e. The fourth-order valence-corrected chi connectivity index (χ4v) is 3.74. The molecule has 0 unspecified atom stereocenters. The Morgan fingerprint density at radius 2 is 1.82 bits per heavy atom. The zero-order valence-corrected chi connectivity index (χ0v) is 17.7. The first kappa shape index (κ1) is 22.6. The van der Waals surface area contributed by atoms with Crippen molar-refractivity contribution < 1.29 is 27.5 Å². The minimum absolute atomic E-state index is 0.197. The number of nitrogens with one attached hydrogen (secondary N) is 1. The molecule has 0 saturated carbocycles. The van der Waals surface area contributed by atoms with E-state index in [4.69, 9.17) is 4.74 Å². The number of pyridine rings is 1. The summed E-state index contributed by atoms with van der Waals surface area (Å²) in [5.74, 6) is -0.554. The minimum atomic E-state index is -4.49. The van der Waals surface area contributed by atoms with E-state index in [1.54, 1.807) is 30.5 Å². The molecule has 0 atom stereocenters. The number of nitrogens with zero attached hydrogens (tertiary/aromatic N) is 3. The van der Waals surface area contributed by atoms with Crippen LogP contribution in [-0.4, -0.2) is 51.5 Å². The molecule has 2 aromatic heterocycles. The third-order valence-corrected chi connectivity index (χ3v) is 5.47. The van der Waals surface area contributed by atoms with Crippen LogP contribution in [0.15, 0.2) is 55.0 Å². The van der Waals surface area contributed by atoms with Crippen LogP contribution in [0.3, 0.4) is 0 Å². The molecule has 174 valence electrons. The molecule has 0 radical (unpaired) electrons. The molecular formula is C23H23F3N4O3. The standard InChI is InChI=1S/C23H23F3N4O3/c24-23(25,26)13-21(31)29-10-7-19(8-11-29)33-18-4-2-17(3-5-18)22(32)28-14-16-1-6-20-27-9-12-30(20)15-16/h1-6,9,12,15,19H,7-8,10-11,13-14H2,(H,28,32). The Morgan fingerprint density at radius 1 is 1.09 bits per heavy atom. The molecule has 7 nitrogen and oxygen atoms in total. The van der Waals surface area contributed by atoms with Gasteiger partial charge in [0.15, 0.2) is 0 Å². The molecule has 10 heteroatoms. The highest BCUT2D eigenvalue weighted by molar-refractivity contribution is 5.94. The summed E-state index contributed by atoms with van der Waals surface area (Å²) in [6.45, 7) is 0.826. The second-order valence-corrected chi connectivity index (χ2v) is 7.93. The summed E-state index contributed by atoms with van der Waals surface area (Å²) >= 11 is 0. The van der Waals surface area contributed by atoms with E-state index in [1.807, 2.05) is 28.9 Å². The third kappa shape index (κ3) is 6.03. The van der Waals surface area contributed by atoms with Gasteiger partial charge in [-0.3, -0.25) is 9.59 Å². The summed E-state index contributed by atoms with van der Waals surface area (Å²) in [5.41, 5.74) is 2.26. The van der Waals surface area contributed by atoms with Crippen molar-refractivity contribution in [1.82, 2.24) is 19.6 Å². The smallest absolute Gasteiger partial charge is 0.397 e. The lowest BCUT2D eigenvalue weighted by Gasteiger charge is -2.32. The van der Waals surface area contributed by atoms with Crippen LogP contribution in [0.2, 0.25) is 0 Å². The first-order valence-corrected chi connectivity index (χ1v) is 10.6. The molecule has 0 spiro atoms. The quantitative estimate of drug-likeness (QED) is 0.610. The van der Waals surface area contributed by atoms with Crippen LogP contribution >= 0.6 is 0 Å². The van der Waals surface area contributed by atoms with Gasteiger partial charge in [0.05, 0.1) is 0 Å². The van der Waals surface area contributed by atoms with Gasteiger partial charge in [-0.15, -0.1) is 0 Å². The van der Waals surface area contributed by atoms with Crippen molar-refractivity contribution in [3.8, 4) is 5.75 Å². The molecule has 33 heavy (non-hydrogen) atoms. The number of ether oxygens (including phenoxy) is 1. The van der Waals surface area contributed by atoms with Crippen LogP contribution in [0.25, 0.3) is 5.65 Å². The Labute approximate surface area is 188 Å². The summed E-state index contributed by atoms with van der Waals surface area (Å²) in [4.78, 5) is 29.5. The van der Waals surface area contributed by atoms with Gasteiger partial charge in [0, 0.05) is 56.6 Å². The van der Waals surface area contributed by atoms with Crippen LogP contribution in [-0.2, 0) is 11.3 Å². The van der Waals surface area contributed by atoms with Crippen LogP contribution in [0.5, 0.6) is 5.75 Å². The number of hydrogen-bond donors (Lipinski definition) is 1. The largest absolute Gasteiger partial charge is 0.490 e. The van der Waals surface area contributed by atoms with Gasteiger partial charge in [-0.05, 0) is 35.9 Å². The molecule has 1 aromatic carbocycles. The molecule has 1 N–H and O–H groups in total. The van der Waals surface area contributed by atoms with Crippen molar-refractivity contribution >= 4 is 17.5 Å². The Kier molecular flexibility index (Phi) is 6.52. The Morgan fingerprint density at radius 3 is 2.52 bits per heavy atom. The first-order valence-electron chi connectivity index (χ1n) is 10.6. The monoisotopic (exact) mass is 460 g/mol. The van der Waals surface area contributed by atoms with Gasteiger partial charge in [-0.2, -0.15) is 13.2 Å². The summed E-state index contributed by atoms with van der Waals surface area (Å²) in [7, 11) is 0. The number of aromatic nitrogens is 2. The van der Waals surface area contributed by atoms with Crippen LogP contribution in [0, 0.1) is 0 Å². The van der Waals surface area contributed by atoms with Crippen LogP contribution in [0.4, 0.5) is 13.2 Å². The lowest BCUT2D eigenvalue weighted by molar-refractivity contribution is -0.162. The average Bonchev–Trinajstić information content (AvgIpc) is 3.25. The molecule has 0 bridgehead atoms. The fraction of sp³-hybridized carbons (Fsp3) is 0.348. The normalized spacial score (nSPS) is 14.9. The number of carbonyl (C=O) groups excluding carboxylic acids is 2. The van der Waals surface area contributed by atoms with Gasteiger partial charge in [-0.25, -0.2) is 4.98 Å². The average molecular weight is 460 g/mol. The van der Waals surface area contributed by atoms with Gasteiger partial charge in [0.25, 0.3) is 5.91 Å². The number of fused-ring (bicyclic) bond motifs is 1. The van der Waals surface area contributed by atoms with Gasteiger partial charge < -0.3 is 19.4 Å². The maximum absolute atomic E-state index is 12.4. The number of piperidine rings is 1. The van der Waals surface area contributed by atoms with Crippen molar-refractivity contribution in [2.45, 2.75) is 38.1 Å². The molecule has 0 aliphatic carbocycles. The van der Waals surface area contributed by atoms with E-state index < -0.39 is 18.5 Å². The lowest BCUT2D eigenvalue weighted by Crippen LogP contribution is -2.43. The number of rotatable bonds is 6. The molecule has 4 rings (SSSR count). The number of carbonyl (C=O) groups is 2. The second kappa shape index (κ2) is 9.51. The topological polar surface area (TPSA) is 75.9 Å². The van der Waals surface area contributed by atoms with Crippen molar-refractivity contribution in [2.75, 3.05) is 13.1 Å². The van der Waals surface area contributed by atoms with E-state index in [0.717, 1.165) is 11.2 Å². The number of imidazole rings is 1. The maximum Gasteiger partial charge on any atom is 0.397 e. The highest BCUT2D eigenvalue weighted by Gasteiger charge is 2.34. The molecule has 3 aromatic rings. The predicted octanol–water partition coefficient (Wildman–Crippen LogP) is 3.59. The first-order chi connectivity index (χ1) is 15.8. The van der Waals surface area contributed by atoms with Gasteiger partial charge in [-0.1, -0.05) is 6.07 Å². The highest BCUT2D eigenvalue weighted by Crippen LogP contribution is 2.24. The molecule has 2 amide bonds. The summed E-state index contributed by atoms with van der Waals surface area (Å²) in [6, 6.07) is 10.5. The van der Waals surface area contributed by atoms with Crippen molar-refractivity contribution in [3.63, 3.8) is 0 Å². The highest BCUT2D eigenvalue weighted by atomic mass is 19.4. The maximum atomic E-state index is 12.4. The van der Waals surface area contributed by atoms with E-state index in [0.29, 0.717) is 30.7 Å². The van der Waals surface area contributed by atoms with Gasteiger partial charge in [0.1, 0.15) is 23.9 Å². The molecular weight excluding hydrogens is 437 g/mol. The molecule has 3 heterocycles. The SMILES string of the molecule is O=C(NCc1ccc2nccn2c1)c1ccc(OC2CCN(C(=O)CC(F)(F)F)CC2)cc1. The number of likely N-dealkylation sites (tertiary alicyclic amines) is 1. The Balaban J connectivity index is 1.24. The Bertz CT molecular complexity index is 1120. The van der Waals surface area contributed by atoms with E-state index >= 15 is 0 Å². The van der Waals surface area contributed by atoms with Gasteiger partial charge in [0.2, 0.25) is 5.91 Å².